The number of ether oxygens (including phenoxy) is 3. The third-order valence-electron chi connectivity index (χ3n) is 3.36. The Bertz CT molecular complexity index is 800. The van der Waals surface area contributed by atoms with Crippen molar-refractivity contribution in [3.05, 3.63) is 47.0 Å². The summed E-state index contributed by atoms with van der Waals surface area (Å²) >= 11 is 6.24. The minimum atomic E-state index is -0.335. The van der Waals surface area contributed by atoms with Crippen LogP contribution in [-0.4, -0.2) is 26.2 Å². The van der Waals surface area contributed by atoms with Gasteiger partial charge in [0.2, 0.25) is 0 Å². The molecular weight excluding hydrogens is 356 g/mol. The highest BCUT2D eigenvalue weighted by Gasteiger charge is 2.16. The fraction of sp³-hybridized carbons (Fsp3) is 0.263. The number of nitriles is 1. The van der Waals surface area contributed by atoms with Crippen molar-refractivity contribution in [2.24, 2.45) is 0 Å². The van der Waals surface area contributed by atoms with E-state index in [2.05, 4.69) is 5.32 Å². The van der Waals surface area contributed by atoms with E-state index < -0.39 is 0 Å². The average Bonchev–Trinajstić information content (AvgIpc) is 2.65. The Labute approximate surface area is 157 Å². The molecule has 0 heterocycles. The van der Waals surface area contributed by atoms with Gasteiger partial charge in [-0.25, -0.2) is 0 Å². The van der Waals surface area contributed by atoms with Crippen LogP contribution in [0.2, 0.25) is 5.02 Å². The summed E-state index contributed by atoms with van der Waals surface area (Å²) in [5.41, 5.74) is 0.932. The summed E-state index contributed by atoms with van der Waals surface area (Å²) in [5.74, 6) is 1.03. The molecule has 7 heteroatoms. The molecule has 2 aromatic rings. The van der Waals surface area contributed by atoms with E-state index in [0.29, 0.717) is 40.1 Å². The standard InChI is InChI=1S/C19H19ClN2O4/c1-3-9-26-18-16(20)11-13(12-17(18)24-2)19(23)22-14-4-6-15(7-5-14)25-10-8-21/h4-7,11-12H,3,9-10H2,1-2H3,(H,22,23). The molecule has 0 aromatic heterocycles. The SMILES string of the molecule is CCCOc1c(Cl)cc(C(=O)Nc2ccc(OCC#N)cc2)cc1OC. The lowest BCUT2D eigenvalue weighted by molar-refractivity contribution is 0.102. The quantitative estimate of drug-likeness (QED) is 0.745. The summed E-state index contributed by atoms with van der Waals surface area (Å²) in [5, 5.41) is 11.6. The Morgan fingerprint density at radius 1 is 1.23 bits per heavy atom. The van der Waals surface area contributed by atoms with Gasteiger partial charge in [-0.2, -0.15) is 5.26 Å². The largest absolute Gasteiger partial charge is 0.493 e. The van der Waals surface area contributed by atoms with Crippen LogP contribution in [0.3, 0.4) is 0 Å². The van der Waals surface area contributed by atoms with E-state index in [1.54, 1.807) is 30.3 Å². The van der Waals surface area contributed by atoms with Crippen LogP contribution in [0, 0.1) is 11.3 Å². The Hall–Kier alpha value is -2.91. The van der Waals surface area contributed by atoms with Crippen molar-refractivity contribution in [3.63, 3.8) is 0 Å². The predicted molar refractivity (Wildman–Crippen MR) is 99.3 cm³/mol. The first-order valence-corrected chi connectivity index (χ1v) is 8.38. The number of halogens is 1. The zero-order valence-corrected chi connectivity index (χ0v) is 15.3. The van der Waals surface area contributed by atoms with E-state index in [-0.39, 0.29) is 12.5 Å². The number of anilines is 1. The predicted octanol–water partition coefficient (Wildman–Crippen LogP) is 4.29. The van der Waals surface area contributed by atoms with Crippen LogP contribution in [0.5, 0.6) is 17.2 Å². The van der Waals surface area contributed by atoms with Gasteiger partial charge in [-0.05, 0) is 42.8 Å². The van der Waals surface area contributed by atoms with Gasteiger partial charge in [0, 0.05) is 11.3 Å². The first-order chi connectivity index (χ1) is 12.6. The molecule has 0 saturated heterocycles. The van der Waals surface area contributed by atoms with Crippen molar-refractivity contribution >= 4 is 23.2 Å². The molecule has 0 atom stereocenters. The second-order valence-electron chi connectivity index (χ2n) is 5.26. The molecule has 0 aliphatic carbocycles. The van der Waals surface area contributed by atoms with Gasteiger partial charge in [-0.15, -0.1) is 0 Å². The number of methoxy groups -OCH3 is 1. The van der Waals surface area contributed by atoms with Crippen molar-refractivity contribution in [2.45, 2.75) is 13.3 Å². The molecule has 0 aliphatic rings. The maximum absolute atomic E-state index is 12.5. The number of nitrogens with zero attached hydrogens (tertiary/aromatic N) is 1. The van der Waals surface area contributed by atoms with E-state index in [9.17, 15) is 4.79 Å². The number of rotatable bonds is 8. The van der Waals surface area contributed by atoms with Crippen LogP contribution in [-0.2, 0) is 0 Å². The van der Waals surface area contributed by atoms with E-state index in [4.69, 9.17) is 31.1 Å². The first-order valence-electron chi connectivity index (χ1n) is 8.00. The van der Waals surface area contributed by atoms with Gasteiger partial charge in [-0.1, -0.05) is 18.5 Å². The molecule has 0 fully saturated rings. The zero-order valence-electron chi connectivity index (χ0n) is 14.5. The van der Waals surface area contributed by atoms with E-state index in [1.165, 1.54) is 13.2 Å². The molecule has 0 spiro atoms. The van der Waals surface area contributed by atoms with Crippen molar-refractivity contribution in [3.8, 4) is 23.3 Å². The lowest BCUT2D eigenvalue weighted by Gasteiger charge is -2.14. The van der Waals surface area contributed by atoms with Crippen molar-refractivity contribution in [1.82, 2.24) is 0 Å². The molecule has 0 radical (unpaired) electrons. The molecule has 26 heavy (non-hydrogen) atoms. The lowest BCUT2D eigenvalue weighted by Crippen LogP contribution is -2.12. The molecule has 2 rings (SSSR count). The van der Waals surface area contributed by atoms with Crippen LogP contribution in [0.15, 0.2) is 36.4 Å². The van der Waals surface area contributed by atoms with Crippen LogP contribution >= 0.6 is 11.6 Å². The van der Waals surface area contributed by atoms with E-state index in [1.807, 2.05) is 13.0 Å². The minimum absolute atomic E-state index is 0.0313. The van der Waals surface area contributed by atoms with Gasteiger partial charge in [0.15, 0.2) is 18.1 Å². The third kappa shape index (κ3) is 5.04. The fourth-order valence-electron chi connectivity index (χ4n) is 2.15. The average molecular weight is 375 g/mol. The normalized spacial score (nSPS) is 9.92. The number of hydrogen-bond donors (Lipinski definition) is 1. The highest BCUT2D eigenvalue weighted by atomic mass is 35.5. The molecule has 136 valence electrons. The Morgan fingerprint density at radius 2 is 1.96 bits per heavy atom. The number of hydrogen-bond acceptors (Lipinski definition) is 5. The highest BCUT2D eigenvalue weighted by molar-refractivity contribution is 6.32. The number of carbonyl (C=O) groups is 1. The topological polar surface area (TPSA) is 80.6 Å². The molecule has 0 unspecified atom stereocenters. The Balaban J connectivity index is 2.14. The summed E-state index contributed by atoms with van der Waals surface area (Å²) in [4.78, 5) is 12.5. The maximum Gasteiger partial charge on any atom is 0.255 e. The molecule has 1 amide bonds. The van der Waals surface area contributed by atoms with Crippen LogP contribution in [0.4, 0.5) is 5.69 Å². The number of amides is 1. The van der Waals surface area contributed by atoms with E-state index >= 15 is 0 Å². The van der Waals surface area contributed by atoms with Gasteiger partial charge < -0.3 is 19.5 Å². The number of carbonyl (C=O) groups excluding carboxylic acids is 1. The van der Waals surface area contributed by atoms with Crippen LogP contribution < -0.4 is 19.5 Å². The monoisotopic (exact) mass is 374 g/mol. The molecule has 1 N–H and O–H groups in total. The summed E-state index contributed by atoms with van der Waals surface area (Å²) in [6.45, 7) is 2.46. The van der Waals surface area contributed by atoms with Gasteiger partial charge >= 0.3 is 0 Å². The number of benzene rings is 2. The zero-order chi connectivity index (χ0) is 18.9. The van der Waals surface area contributed by atoms with Crippen LogP contribution in [0.1, 0.15) is 23.7 Å². The summed E-state index contributed by atoms with van der Waals surface area (Å²) in [7, 11) is 1.49. The smallest absolute Gasteiger partial charge is 0.255 e. The van der Waals surface area contributed by atoms with E-state index in [0.717, 1.165) is 6.42 Å². The lowest BCUT2D eigenvalue weighted by atomic mass is 10.1. The van der Waals surface area contributed by atoms with Crippen molar-refractivity contribution < 1.29 is 19.0 Å². The molecule has 2 aromatic carbocycles. The van der Waals surface area contributed by atoms with Gasteiger partial charge in [0.25, 0.3) is 5.91 Å². The van der Waals surface area contributed by atoms with Crippen molar-refractivity contribution in [1.29, 1.82) is 5.26 Å². The second kappa shape index (κ2) is 9.54. The third-order valence-corrected chi connectivity index (χ3v) is 3.64. The summed E-state index contributed by atoms with van der Waals surface area (Å²) < 4.78 is 16.0. The van der Waals surface area contributed by atoms with Gasteiger partial charge in [-0.3, -0.25) is 4.79 Å². The molecule has 0 saturated carbocycles. The maximum atomic E-state index is 12.5. The highest BCUT2D eigenvalue weighted by Crippen LogP contribution is 2.36. The first kappa shape index (κ1) is 19.4. The second-order valence-corrected chi connectivity index (χ2v) is 5.67. The summed E-state index contributed by atoms with van der Waals surface area (Å²) in [6, 6.07) is 11.7. The van der Waals surface area contributed by atoms with Gasteiger partial charge in [0.1, 0.15) is 11.8 Å². The Kier molecular flexibility index (Phi) is 7.12. The van der Waals surface area contributed by atoms with Crippen LogP contribution in [0.25, 0.3) is 0 Å². The molecule has 6 nitrogen and oxygen atoms in total. The molecule has 0 bridgehead atoms. The summed E-state index contributed by atoms with van der Waals surface area (Å²) in [6.07, 6.45) is 0.829. The Morgan fingerprint density at radius 3 is 2.58 bits per heavy atom. The molecule has 0 aliphatic heterocycles. The number of nitrogens with one attached hydrogen (secondary N) is 1. The fourth-order valence-corrected chi connectivity index (χ4v) is 2.41. The minimum Gasteiger partial charge on any atom is -0.493 e. The van der Waals surface area contributed by atoms with Crippen molar-refractivity contribution in [2.75, 3.05) is 25.6 Å². The van der Waals surface area contributed by atoms with Gasteiger partial charge in [0.05, 0.1) is 18.7 Å². The molecular formula is C19H19ClN2O4.